The number of hydrogen-bond donors (Lipinski definition) is 1. The first-order chi connectivity index (χ1) is 11.4. The summed E-state index contributed by atoms with van der Waals surface area (Å²) in [6.07, 6.45) is 0.385. The van der Waals surface area contributed by atoms with Crippen LogP contribution in [0.1, 0.15) is 11.1 Å². The fourth-order valence-electron chi connectivity index (χ4n) is 2.16. The molecule has 0 unspecified atom stereocenters. The van der Waals surface area contributed by atoms with Crippen LogP contribution in [-0.4, -0.2) is 28.4 Å². The lowest BCUT2D eigenvalue weighted by molar-refractivity contribution is 0.354. The summed E-state index contributed by atoms with van der Waals surface area (Å²) in [7, 11) is -0.273. The smallest absolute Gasteiger partial charge is 0.212 e. The second-order valence-corrected chi connectivity index (χ2v) is 7.57. The molecule has 130 valence electrons. The monoisotopic (exact) mass is 369 g/mol. The van der Waals surface area contributed by atoms with Gasteiger partial charge in [0.25, 0.3) is 0 Å². The molecule has 0 saturated heterocycles. The molecule has 0 aliphatic heterocycles. The summed E-state index contributed by atoms with van der Waals surface area (Å²) < 4.78 is 37.2. The molecule has 2 aromatic rings. The van der Waals surface area contributed by atoms with Crippen molar-refractivity contribution in [3.63, 3.8) is 0 Å². The van der Waals surface area contributed by atoms with E-state index in [0.29, 0.717) is 22.9 Å². The highest BCUT2D eigenvalue weighted by atomic mass is 35.5. The van der Waals surface area contributed by atoms with Crippen molar-refractivity contribution in [3.05, 3.63) is 58.6 Å². The molecule has 24 heavy (non-hydrogen) atoms. The Labute approximate surface area is 147 Å². The van der Waals surface area contributed by atoms with E-state index in [-0.39, 0.29) is 12.3 Å². The minimum absolute atomic E-state index is 0.00390. The van der Waals surface area contributed by atoms with Gasteiger partial charge in [-0.25, -0.2) is 13.1 Å². The largest absolute Gasteiger partial charge is 0.493 e. The molecular formula is C17H20ClNO4S. The molecule has 0 radical (unpaired) electrons. The Kier molecular flexibility index (Phi) is 6.48. The normalized spacial score (nSPS) is 11.3. The van der Waals surface area contributed by atoms with Gasteiger partial charge >= 0.3 is 0 Å². The van der Waals surface area contributed by atoms with Gasteiger partial charge < -0.3 is 9.47 Å². The Morgan fingerprint density at radius 2 is 1.58 bits per heavy atom. The van der Waals surface area contributed by atoms with E-state index in [1.807, 2.05) is 6.07 Å². The number of methoxy groups -OCH3 is 2. The van der Waals surface area contributed by atoms with Crippen LogP contribution < -0.4 is 14.2 Å². The Bertz CT molecular complexity index is 776. The molecule has 0 heterocycles. The Balaban J connectivity index is 1.93. The molecule has 2 aromatic carbocycles. The van der Waals surface area contributed by atoms with Gasteiger partial charge in [0.05, 0.1) is 20.0 Å². The Morgan fingerprint density at radius 1 is 0.958 bits per heavy atom. The Morgan fingerprint density at radius 3 is 2.21 bits per heavy atom. The third-order valence-electron chi connectivity index (χ3n) is 3.52. The van der Waals surface area contributed by atoms with E-state index >= 15 is 0 Å². The lowest BCUT2D eigenvalue weighted by atomic mass is 10.1. The van der Waals surface area contributed by atoms with Crippen molar-refractivity contribution in [2.75, 3.05) is 20.0 Å². The number of sulfonamides is 1. The molecule has 2 rings (SSSR count). The van der Waals surface area contributed by atoms with E-state index in [4.69, 9.17) is 21.1 Å². The summed E-state index contributed by atoms with van der Waals surface area (Å²) in [6.45, 7) is 0.242. The van der Waals surface area contributed by atoms with E-state index in [0.717, 1.165) is 11.1 Å². The number of rotatable bonds is 8. The zero-order valence-electron chi connectivity index (χ0n) is 13.6. The van der Waals surface area contributed by atoms with Crippen molar-refractivity contribution in [3.8, 4) is 11.5 Å². The molecule has 1 N–H and O–H groups in total. The van der Waals surface area contributed by atoms with Crippen molar-refractivity contribution in [2.24, 2.45) is 0 Å². The summed E-state index contributed by atoms with van der Waals surface area (Å²) in [6, 6.07) is 12.4. The lowest BCUT2D eigenvalue weighted by Gasteiger charge is -2.10. The molecule has 0 saturated carbocycles. The van der Waals surface area contributed by atoms with E-state index in [1.54, 1.807) is 50.6 Å². The molecule has 0 spiro atoms. The fourth-order valence-corrected chi connectivity index (χ4v) is 3.32. The second kappa shape index (κ2) is 8.37. The highest BCUT2D eigenvalue weighted by Crippen LogP contribution is 2.27. The second-order valence-electron chi connectivity index (χ2n) is 5.21. The average molecular weight is 370 g/mol. The van der Waals surface area contributed by atoms with Crippen LogP contribution >= 0.6 is 11.6 Å². The standard InChI is InChI=1S/C17H20ClNO4S/c1-22-16-8-5-13(11-17(16)23-2)9-10-24(20,21)19-12-14-3-6-15(18)7-4-14/h3-8,11,19H,9-10,12H2,1-2H3. The van der Waals surface area contributed by atoms with Gasteiger partial charge in [0, 0.05) is 11.6 Å². The van der Waals surface area contributed by atoms with Crippen molar-refractivity contribution in [1.82, 2.24) is 4.72 Å². The maximum Gasteiger partial charge on any atom is 0.212 e. The topological polar surface area (TPSA) is 64.6 Å². The van der Waals surface area contributed by atoms with Crippen molar-refractivity contribution >= 4 is 21.6 Å². The van der Waals surface area contributed by atoms with Gasteiger partial charge in [0.1, 0.15) is 0 Å². The minimum atomic E-state index is -3.38. The van der Waals surface area contributed by atoms with Crippen LogP contribution in [0.5, 0.6) is 11.5 Å². The zero-order valence-corrected chi connectivity index (χ0v) is 15.2. The maximum atomic E-state index is 12.1. The lowest BCUT2D eigenvalue weighted by Crippen LogP contribution is -2.26. The van der Waals surface area contributed by atoms with Gasteiger partial charge in [-0.05, 0) is 41.8 Å². The SMILES string of the molecule is COc1ccc(CCS(=O)(=O)NCc2ccc(Cl)cc2)cc1OC. The van der Waals surface area contributed by atoms with Crippen LogP contribution in [0.2, 0.25) is 5.02 Å². The summed E-state index contributed by atoms with van der Waals surface area (Å²) in [5.41, 5.74) is 1.72. The van der Waals surface area contributed by atoms with Crippen LogP contribution in [0.4, 0.5) is 0 Å². The predicted molar refractivity (Wildman–Crippen MR) is 95.3 cm³/mol. The third-order valence-corrected chi connectivity index (χ3v) is 5.09. The third kappa shape index (κ3) is 5.40. The van der Waals surface area contributed by atoms with E-state index in [2.05, 4.69) is 4.72 Å². The van der Waals surface area contributed by atoms with Crippen LogP contribution in [0.25, 0.3) is 0 Å². The Hall–Kier alpha value is -1.76. The number of benzene rings is 2. The first-order valence-electron chi connectivity index (χ1n) is 7.36. The first-order valence-corrected chi connectivity index (χ1v) is 9.39. The summed E-state index contributed by atoms with van der Waals surface area (Å²) >= 11 is 5.81. The van der Waals surface area contributed by atoms with Crippen molar-refractivity contribution < 1.29 is 17.9 Å². The maximum absolute atomic E-state index is 12.1. The van der Waals surface area contributed by atoms with Gasteiger partial charge in [-0.2, -0.15) is 0 Å². The van der Waals surface area contributed by atoms with Crippen molar-refractivity contribution in [2.45, 2.75) is 13.0 Å². The molecule has 0 aromatic heterocycles. The minimum Gasteiger partial charge on any atom is -0.493 e. The fraction of sp³-hybridized carbons (Fsp3) is 0.294. The quantitative estimate of drug-likeness (QED) is 0.776. The number of hydrogen-bond acceptors (Lipinski definition) is 4. The molecular weight excluding hydrogens is 350 g/mol. The molecule has 0 amide bonds. The molecule has 5 nitrogen and oxygen atoms in total. The van der Waals surface area contributed by atoms with Crippen LogP contribution in [-0.2, 0) is 23.0 Å². The molecule has 0 aliphatic carbocycles. The first kappa shape index (κ1) is 18.6. The van der Waals surface area contributed by atoms with Gasteiger partial charge in [0.15, 0.2) is 11.5 Å². The summed E-state index contributed by atoms with van der Waals surface area (Å²) in [5, 5.41) is 0.620. The van der Waals surface area contributed by atoms with Gasteiger partial charge in [-0.1, -0.05) is 29.8 Å². The highest BCUT2D eigenvalue weighted by Gasteiger charge is 2.12. The molecule has 0 aliphatic rings. The predicted octanol–water partition coefficient (Wildman–Crippen LogP) is 3.02. The molecule has 0 fully saturated rings. The van der Waals surface area contributed by atoms with Crippen molar-refractivity contribution in [1.29, 1.82) is 0 Å². The number of halogens is 1. The van der Waals surface area contributed by atoms with E-state index in [1.165, 1.54) is 0 Å². The van der Waals surface area contributed by atoms with E-state index in [9.17, 15) is 8.42 Å². The van der Waals surface area contributed by atoms with Crippen LogP contribution in [0.15, 0.2) is 42.5 Å². The highest BCUT2D eigenvalue weighted by molar-refractivity contribution is 7.89. The summed E-state index contributed by atoms with van der Waals surface area (Å²) in [4.78, 5) is 0. The van der Waals surface area contributed by atoms with Gasteiger partial charge in [0.2, 0.25) is 10.0 Å². The average Bonchev–Trinajstić information content (AvgIpc) is 2.59. The number of nitrogens with one attached hydrogen (secondary N) is 1. The molecule has 0 bridgehead atoms. The van der Waals surface area contributed by atoms with Crippen LogP contribution in [0.3, 0.4) is 0 Å². The van der Waals surface area contributed by atoms with Gasteiger partial charge in [-0.3, -0.25) is 0 Å². The molecule has 0 atom stereocenters. The summed E-state index contributed by atoms with van der Waals surface area (Å²) in [5.74, 6) is 1.20. The zero-order chi connectivity index (χ0) is 17.6. The number of ether oxygens (including phenoxy) is 2. The van der Waals surface area contributed by atoms with Crippen LogP contribution in [0, 0.1) is 0 Å². The number of aryl methyl sites for hydroxylation is 1. The molecule has 7 heteroatoms. The van der Waals surface area contributed by atoms with E-state index < -0.39 is 10.0 Å². The van der Waals surface area contributed by atoms with Gasteiger partial charge in [-0.15, -0.1) is 0 Å².